The summed E-state index contributed by atoms with van der Waals surface area (Å²) in [5, 5.41) is 3.00. The van der Waals surface area contributed by atoms with E-state index in [9.17, 15) is 4.79 Å². The van der Waals surface area contributed by atoms with Crippen LogP contribution in [-0.4, -0.2) is 54.8 Å². The number of rotatable bonds is 1. The van der Waals surface area contributed by atoms with Gasteiger partial charge in [-0.15, -0.1) is 0 Å². The number of hydrogen-bond acceptors (Lipinski definition) is 3. The lowest BCUT2D eigenvalue weighted by Crippen LogP contribution is -2.48. The molecule has 0 aromatic rings. The SMILES string of the molecule is O=C(NC1CCOC1)N1CCSCC1. The Morgan fingerprint density at radius 3 is 2.86 bits per heavy atom. The first kappa shape index (κ1) is 10.1. The largest absolute Gasteiger partial charge is 0.379 e. The first-order valence-electron chi connectivity index (χ1n) is 5.07. The maximum absolute atomic E-state index is 11.7. The molecule has 0 aliphatic carbocycles. The Bertz CT molecular complexity index is 201. The molecule has 4 nitrogen and oxygen atoms in total. The second-order valence-electron chi connectivity index (χ2n) is 3.61. The first-order chi connectivity index (χ1) is 6.86. The molecule has 2 heterocycles. The molecule has 2 rings (SSSR count). The van der Waals surface area contributed by atoms with E-state index < -0.39 is 0 Å². The van der Waals surface area contributed by atoms with Crippen LogP contribution in [0.4, 0.5) is 4.79 Å². The average molecular weight is 216 g/mol. The van der Waals surface area contributed by atoms with Crippen molar-refractivity contribution < 1.29 is 9.53 Å². The topological polar surface area (TPSA) is 41.6 Å². The van der Waals surface area contributed by atoms with Crippen molar-refractivity contribution >= 4 is 17.8 Å². The predicted octanol–water partition coefficient (Wildman–Crippen LogP) is 0.534. The Morgan fingerprint density at radius 1 is 1.43 bits per heavy atom. The van der Waals surface area contributed by atoms with Gasteiger partial charge in [0.2, 0.25) is 0 Å². The number of nitrogens with one attached hydrogen (secondary N) is 1. The molecule has 2 fully saturated rings. The van der Waals surface area contributed by atoms with Gasteiger partial charge in [0, 0.05) is 31.2 Å². The van der Waals surface area contributed by atoms with Crippen LogP contribution in [0.2, 0.25) is 0 Å². The highest BCUT2D eigenvalue weighted by Crippen LogP contribution is 2.10. The molecule has 0 spiro atoms. The molecule has 1 unspecified atom stereocenters. The van der Waals surface area contributed by atoms with Gasteiger partial charge in [-0.1, -0.05) is 0 Å². The minimum absolute atomic E-state index is 0.0841. The third-order valence-corrected chi connectivity index (χ3v) is 3.50. The number of amides is 2. The fourth-order valence-electron chi connectivity index (χ4n) is 1.68. The van der Waals surface area contributed by atoms with Gasteiger partial charge >= 0.3 is 6.03 Å². The number of thioether (sulfide) groups is 1. The van der Waals surface area contributed by atoms with Crippen molar-refractivity contribution in [1.82, 2.24) is 10.2 Å². The van der Waals surface area contributed by atoms with E-state index in [-0.39, 0.29) is 12.1 Å². The van der Waals surface area contributed by atoms with Crippen molar-refractivity contribution in [2.45, 2.75) is 12.5 Å². The highest BCUT2D eigenvalue weighted by Gasteiger charge is 2.22. The summed E-state index contributed by atoms with van der Waals surface area (Å²) in [5.41, 5.74) is 0. The van der Waals surface area contributed by atoms with Crippen LogP contribution in [0.5, 0.6) is 0 Å². The van der Waals surface area contributed by atoms with Gasteiger partial charge < -0.3 is 15.0 Å². The van der Waals surface area contributed by atoms with Crippen LogP contribution in [0.15, 0.2) is 0 Å². The molecule has 80 valence electrons. The molecule has 2 amide bonds. The third kappa shape index (κ3) is 2.54. The van der Waals surface area contributed by atoms with Crippen LogP contribution < -0.4 is 5.32 Å². The lowest BCUT2D eigenvalue weighted by Gasteiger charge is -2.27. The summed E-state index contributed by atoms with van der Waals surface area (Å²) in [4.78, 5) is 13.6. The second kappa shape index (κ2) is 4.89. The number of carbonyl (C=O) groups excluding carboxylic acids is 1. The maximum atomic E-state index is 11.7. The zero-order chi connectivity index (χ0) is 9.80. The highest BCUT2D eigenvalue weighted by atomic mass is 32.2. The Balaban J connectivity index is 1.75. The molecule has 0 aromatic heterocycles. The summed E-state index contributed by atoms with van der Waals surface area (Å²) in [6, 6.07) is 0.317. The van der Waals surface area contributed by atoms with Crippen LogP contribution in [0.25, 0.3) is 0 Å². The van der Waals surface area contributed by atoms with E-state index in [1.54, 1.807) is 0 Å². The zero-order valence-corrected chi connectivity index (χ0v) is 9.02. The van der Waals surface area contributed by atoms with Gasteiger partial charge in [0.1, 0.15) is 0 Å². The van der Waals surface area contributed by atoms with Gasteiger partial charge in [0.05, 0.1) is 12.6 Å². The molecule has 1 N–H and O–H groups in total. The summed E-state index contributed by atoms with van der Waals surface area (Å²) < 4.78 is 5.21. The molecule has 0 aromatic carbocycles. The van der Waals surface area contributed by atoms with Crippen molar-refractivity contribution in [2.75, 3.05) is 37.8 Å². The van der Waals surface area contributed by atoms with Crippen molar-refractivity contribution in [3.05, 3.63) is 0 Å². The van der Waals surface area contributed by atoms with Crippen molar-refractivity contribution in [3.63, 3.8) is 0 Å². The van der Waals surface area contributed by atoms with Gasteiger partial charge in [-0.05, 0) is 6.42 Å². The van der Waals surface area contributed by atoms with Gasteiger partial charge in [0.15, 0.2) is 0 Å². The molecular weight excluding hydrogens is 200 g/mol. The Kier molecular flexibility index (Phi) is 3.53. The number of carbonyl (C=O) groups is 1. The lowest BCUT2D eigenvalue weighted by molar-refractivity contribution is 0.180. The molecule has 0 bridgehead atoms. The predicted molar refractivity (Wildman–Crippen MR) is 56.7 cm³/mol. The van der Waals surface area contributed by atoms with Crippen molar-refractivity contribution in [3.8, 4) is 0 Å². The van der Waals surface area contributed by atoms with Crippen molar-refractivity contribution in [2.24, 2.45) is 0 Å². The summed E-state index contributed by atoms with van der Waals surface area (Å²) in [5.74, 6) is 2.13. The lowest BCUT2D eigenvalue weighted by atomic mass is 10.3. The summed E-state index contributed by atoms with van der Waals surface area (Å²) in [7, 11) is 0. The number of ether oxygens (including phenoxy) is 1. The van der Waals surface area contributed by atoms with E-state index in [0.717, 1.165) is 37.6 Å². The monoisotopic (exact) mass is 216 g/mol. The molecule has 2 aliphatic rings. The minimum atomic E-state index is 0.0841. The number of nitrogens with zero attached hydrogens (tertiary/aromatic N) is 1. The summed E-state index contributed by atoms with van der Waals surface area (Å²) in [6.45, 7) is 3.21. The fraction of sp³-hybridized carbons (Fsp3) is 0.889. The van der Waals surface area contributed by atoms with Gasteiger partial charge in [-0.2, -0.15) is 11.8 Å². The van der Waals surface area contributed by atoms with Crippen LogP contribution >= 0.6 is 11.8 Å². The van der Waals surface area contributed by atoms with E-state index in [2.05, 4.69) is 5.32 Å². The van der Waals surface area contributed by atoms with Gasteiger partial charge in [-0.3, -0.25) is 0 Å². The normalized spacial score (nSPS) is 27.7. The average Bonchev–Trinajstić information content (AvgIpc) is 2.72. The van der Waals surface area contributed by atoms with Gasteiger partial charge in [-0.25, -0.2) is 4.79 Å². The van der Waals surface area contributed by atoms with E-state index in [1.807, 2.05) is 16.7 Å². The van der Waals surface area contributed by atoms with E-state index in [0.29, 0.717) is 6.61 Å². The molecule has 0 saturated carbocycles. The van der Waals surface area contributed by atoms with E-state index in [1.165, 1.54) is 0 Å². The third-order valence-electron chi connectivity index (χ3n) is 2.56. The number of urea groups is 1. The highest BCUT2D eigenvalue weighted by molar-refractivity contribution is 7.99. The maximum Gasteiger partial charge on any atom is 0.317 e. The van der Waals surface area contributed by atoms with Crippen LogP contribution in [0.1, 0.15) is 6.42 Å². The van der Waals surface area contributed by atoms with Crippen LogP contribution in [-0.2, 0) is 4.74 Å². The first-order valence-corrected chi connectivity index (χ1v) is 6.22. The molecule has 14 heavy (non-hydrogen) atoms. The fourth-order valence-corrected chi connectivity index (χ4v) is 2.58. The second-order valence-corrected chi connectivity index (χ2v) is 4.83. The quantitative estimate of drug-likeness (QED) is 0.695. The zero-order valence-electron chi connectivity index (χ0n) is 8.20. The minimum Gasteiger partial charge on any atom is -0.379 e. The molecular formula is C9H16N2O2S. The Hall–Kier alpha value is -0.420. The Morgan fingerprint density at radius 2 is 2.21 bits per heavy atom. The standard InChI is InChI=1S/C9H16N2O2S/c12-9(10-8-1-4-13-7-8)11-2-5-14-6-3-11/h8H,1-7H2,(H,10,12). The summed E-state index contributed by atoms with van der Waals surface area (Å²) in [6.07, 6.45) is 0.953. The van der Waals surface area contributed by atoms with Gasteiger partial charge in [0.25, 0.3) is 0 Å². The molecule has 2 aliphatic heterocycles. The van der Waals surface area contributed by atoms with E-state index in [4.69, 9.17) is 4.74 Å². The van der Waals surface area contributed by atoms with E-state index >= 15 is 0 Å². The molecule has 5 heteroatoms. The smallest absolute Gasteiger partial charge is 0.317 e. The number of hydrogen-bond donors (Lipinski definition) is 1. The molecule has 0 radical (unpaired) electrons. The van der Waals surface area contributed by atoms with Crippen LogP contribution in [0.3, 0.4) is 0 Å². The van der Waals surface area contributed by atoms with Crippen LogP contribution in [0, 0.1) is 0 Å². The molecule has 2 saturated heterocycles. The Labute approximate surface area is 88.4 Å². The summed E-state index contributed by atoms with van der Waals surface area (Å²) >= 11 is 1.91. The van der Waals surface area contributed by atoms with Crippen molar-refractivity contribution in [1.29, 1.82) is 0 Å². The molecule has 1 atom stereocenters.